The van der Waals surface area contributed by atoms with Crippen LogP contribution in [0.1, 0.15) is 213 Å². The van der Waals surface area contributed by atoms with Gasteiger partial charge in [-0.05, 0) is 12.8 Å². The van der Waals surface area contributed by atoms with Crippen molar-refractivity contribution in [1.29, 1.82) is 0 Å². The SMILES string of the molecule is CCCCCCCCCCCCCCCCCC[C@@H](O)[C@@H](O)[C@H](CO[C@@H]1O[C@H](CO)[C@H](O)C(O)C1O)NC(=O)CCCCCCCCCCCCCCC. The van der Waals surface area contributed by atoms with E-state index in [0.717, 1.165) is 44.9 Å². The van der Waals surface area contributed by atoms with Gasteiger partial charge in [0.05, 0.1) is 25.4 Å². The van der Waals surface area contributed by atoms with Gasteiger partial charge in [0.15, 0.2) is 6.29 Å². The summed E-state index contributed by atoms with van der Waals surface area (Å²) in [6.45, 7) is 3.61. The molecule has 1 saturated heterocycles. The third-order valence-corrected chi connectivity index (χ3v) is 11.3. The second-order valence-electron chi connectivity index (χ2n) is 16.3. The molecule has 322 valence electrons. The summed E-state index contributed by atoms with van der Waals surface area (Å²) in [4.78, 5) is 13.0. The van der Waals surface area contributed by atoms with E-state index >= 15 is 0 Å². The van der Waals surface area contributed by atoms with Crippen molar-refractivity contribution in [3.63, 3.8) is 0 Å². The lowest BCUT2D eigenvalue weighted by Crippen LogP contribution is -2.60. The highest BCUT2D eigenvalue weighted by atomic mass is 16.7. The van der Waals surface area contributed by atoms with Gasteiger partial charge in [-0.1, -0.05) is 194 Å². The van der Waals surface area contributed by atoms with Crippen molar-refractivity contribution in [1.82, 2.24) is 5.32 Å². The number of unbranched alkanes of at least 4 members (excludes halogenated alkanes) is 27. The first-order chi connectivity index (χ1) is 26.3. The molecule has 1 aliphatic heterocycles. The molecule has 8 atom stereocenters. The minimum atomic E-state index is -1.60. The first-order valence-electron chi connectivity index (χ1n) is 22.8. The second kappa shape index (κ2) is 35.3. The molecule has 54 heavy (non-hydrogen) atoms. The van der Waals surface area contributed by atoms with Gasteiger partial charge in [-0.3, -0.25) is 4.79 Å². The predicted molar refractivity (Wildman–Crippen MR) is 218 cm³/mol. The van der Waals surface area contributed by atoms with Gasteiger partial charge in [0.1, 0.15) is 30.5 Å². The number of carbonyl (C=O) groups excluding carboxylic acids is 1. The van der Waals surface area contributed by atoms with Crippen LogP contribution in [-0.2, 0) is 14.3 Å². The van der Waals surface area contributed by atoms with Gasteiger partial charge in [-0.25, -0.2) is 0 Å². The quantitative estimate of drug-likeness (QED) is 0.0306. The van der Waals surface area contributed by atoms with E-state index < -0.39 is 55.6 Å². The Morgan fingerprint density at radius 2 is 0.963 bits per heavy atom. The van der Waals surface area contributed by atoms with Crippen LogP contribution < -0.4 is 5.32 Å². The number of aliphatic hydroxyl groups excluding tert-OH is 6. The average Bonchev–Trinajstić information content (AvgIpc) is 3.17. The van der Waals surface area contributed by atoms with Gasteiger partial charge in [0.25, 0.3) is 0 Å². The summed E-state index contributed by atoms with van der Waals surface area (Å²) in [7, 11) is 0. The third-order valence-electron chi connectivity index (χ3n) is 11.3. The standard InChI is InChI=1S/C44H87NO9/c1-3-5-7-9-11-13-15-17-18-19-21-22-24-26-28-30-32-37(47)40(49)36(35-53-44-43(52)42(51)41(50)38(34-46)54-44)45-39(48)33-31-29-27-25-23-20-16-14-12-10-8-6-4-2/h36-38,40-44,46-47,49-52H,3-35H2,1-2H3,(H,45,48)/t36-,37+,38+,40-,41-,42?,43?,44+/m0/s1. The molecule has 10 nitrogen and oxygen atoms in total. The minimum Gasteiger partial charge on any atom is -0.394 e. The van der Waals surface area contributed by atoms with Crippen molar-refractivity contribution < 1.29 is 44.9 Å². The lowest BCUT2D eigenvalue weighted by molar-refractivity contribution is -0.303. The lowest BCUT2D eigenvalue weighted by Gasteiger charge is -2.40. The maximum Gasteiger partial charge on any atom is 0.220 e. The number of aliphatic hydroxyl groups is 6. The number of carbonyl (C=O) groups is 1. The Bertz CT molecular complexity index is 834. The number of hydrogen-bond acceptors (Lipinski definition) is 9. The molecule has 0 bridgehead atoms. The molecule has 1 amide bonds. The van der Waals surface area contributed by atoms with E-state index in [0.29, 0.717) is 6.42 Å². The monoisotopic (exact) mass is 774 g/mol. The zero-order valence-electron chi connectivity index (χ0n) is 34.9. The maximum absolute atomic E-state index is 13.0. The van der Waals surface area contributed by atoms with E-state index in [1.807, 2.05) is 0 Å². The molecule has 2 unspecified atom stereocenters. The molecule has 0 aromatic carbocycles. The van der Waals surface area contributed by atoms with Crippen LogP contribution in [0.3, 0.4) is 0 Å². The highest BCUT2D eigenvalue weighted by Crippen LogP contribution is 2.23. The van der Waals surface area contributed by atoms with Crippen LogP contribution in [0.15, 0.2) is 0 Å². The summed E-state index contributed by atoms with van der Waals surface area (Å²) in [6.07, 6.45) is 26.7. The predicted octanol–water partition coefficient (Wildman–Crippen LogP) is 8.14. The summed E-state index contributed by atoms with van der Waals surface area (Å²) >= 11 is 0. The molecule has 0 aromatic rings. The number of ether oxygens (including phenoxy) is 2. The molecule has 10 heteroatoms. The smallest absolute Gasteiger partial charge is 0.220 e. The van der Waals surface area contributed by atoms with Gasteiger partial charge < -0.3 is 45.4 Å². The van der Waals surface area contributed by atoms with Crippen LogP contribution in [0.4, 0.5) is 0 Å². The fraction of sp³-hybridized carbons (Fsp3) is 0.977. The van der Waals surface area contributed by atoms with E-state index in [9.17, 15) is 35.4 Å². The maximum atomic E-state index is 13.0. The zero-order chi connectivity index (χ0) is 39.7. The molecule has 0 aromatic heterocycles. The Balaban J connectivity index is 2.39. The first-order valence-corrected chi connectivity index (χ1v) is 22.8. The summed E-state index contributed by atoms with van der Waals surface area (Å²) in [6, 6.07) is -0.983. The van der Waals surface area contributed by atoms with Crippen LogP contribution >= 0.6 is 0 Å². The Kier molecular flexibility index (Phi) is 33.5. The van der Waals surface area contributed by atoms with Crippen LogP contribution in [0.25, 0.3) is 0 Å². The molecule has 0 aliphatic carbocycles. The van der Waals surface area contributed by atoms with Crippen molar-refractivity contribution in [2.75, 3.05) is 13.2 Å². The van der Waals surface area contributed by atoms with Crippen molar-refractivity contribution in [2.24, 2.45) is 0 Å². The molecule has 0 saturated carbocycles. The first kappa shape index (κ1) is 51.2. The molecule has 0 spiro atoms. The topological polar surface area (TPSA) is 169 Å². The zero-order valence-corrected chi connectivity index (χ0v) is 34.9. The van der Waals surface area contributed by atoms with E-state index in [4.69, 9.17) is 9.47 Å². The van der Waals surface area contributed by atoms with Gasteiger partial charge in [-0.2, -0.15) is 0 Å². The summed E-state index contributed by atoms with van der Waals surface area (Å²) < 4.78 is 11.2. The molecular weight excluding hydrogens is 686 g/mol. The summed E-state index contributed by atoms with van der Waals surface area (Å²) in [5.74, 6) is -0.255. The fourth-order valence-corrected chi connectivity index (χ4v) is 7.55. The Morgan fingerprint density at radius 3 is 1.37 bits per heavy atom. The van der Waals surface area contributed by atoms with Crippen LogP contribution in [-0.4, -0.2) is 98.7 Å². The molecule has 1 rings (SSSR count). The number of rotatable bonds is 38. The van der Waals surface area contributed by atoms with Gasteiger partial charge in [-0.15, -0.1) is 0 Å². The molecular formula is C44H87NO9. The number of hydrogen-bond donors (Lipinski definition) is 7. The van der Waals surface area contributed by atoms with E-state index in [1.54, 1.807) is 0 Å². The van der Waals surface area contributed by atoms with E-state index in [1.165, 1.54) is 141 Å². The number of amides is 1. The number of nitrogens with one attached hydrogen (secondary N) is 1. The van der Waals surface area contributed by atoms with Crippen molar-refractivity contribution >= 4 is 5.91 Å². The third kappa shape index (κ3) is 25.4. The molecule has 7 N–H and O–H groups in total. The normalized spacial score (nSPS) is 22.0. The van der Waals surface area contributed by atoms with Crippen molar-refractivity contribution in [2.45, 2.75) is 262 Å². The van der Waals surface area contributed by atoms with E-state index in [-0.39, 0.29) is 18.9 Å². The lowest BCUT2D eigenvalue weighted by atomic mass is 9.98. The molecule has 0 radical (unpaired) electrons. The summed E-state index contributed by atoms with van der Waals surface area (Å²) in [5, 5.41) is 65.1. The highest BCUT2D eigenvalue weighted by Gasteiger charge is 2.44. The fourth-order valence-electron chi connectivity index (χ4n) is 7.55. The Hall–Kier alpha value is -0.850. The average molecular weight is 774 g/mol. The Labute approximate surface area is 330 Å². The largest absolute Gasteiger partial charge is 0.394 e. The van der Waals surface area contributed by atoms with Crippen LogP contribution in [0, 0.1) is 0 Å². The van der Waals surface area contributed by atoms with E-state index in [2.05, 4.69) is 19.2 Å². The summed E-state index contributed by atoms with van der Waals surface area (Å²) in [5.41, 5.74) is 0. The van der Waals surface area contributed by atoms with Crippen LogP contribution in [0.5, 0.6) is 0 Å². The van der Waals surface area contributed by atoms with Crippen molar-refractivity contribution in [3.05, 3.63) is 0 Å². The van der Waals surface area contributed by atoms with Gasteiger partial charge in [0, 0.05) is 6.42 Å². The highest BCUT2D eigenvalue weighted by molar-refractivity contribution is 5.76. The van der Waals surface area contributed by atoms with Gasteiger partial charge in [0.2, 0.25) is 5.91 Å². The van der Waals surface area contributed by atoms with Gasteiger partial charge >= 0.3 is 0 Å². The Morgan fingerprint density at radius 1 is 0.574 bits per heavy atom. The van der Waals surface area contributed by atoms with Crippen molar-refractivity contribution in [3.8, 4) is 0 Å². The molecule has 1 fully saturated rings. The molecule has 1 heterocycles. The minimum absolute atomic E-state index is 0.255. The second-order valence-corrected chi connectivity index (χ2v) is 16.3. The van der Waals surface area contributed by atoms with Crippen LogP contribution in [0.2, 0.25) is 0 Å². The molecule has 1 aliphatic rings.